The van der Waals surface area contributed by atoms with Crippen LogP contribution in [0.4, 0.5) is 0 Å². The normalized spacial score (nSPS) is 16.5. The SMILES string of the molecule is C=CCN1C(=S)NC(c2ccc(C)c(C)c2)C(c2nc(-c3cccc(Cl)c3)no2)=C1C. The second-order valence-electron chi connectivity index (χ2n) is 7.56. The van der Waals surface area contributed by atoms with Crippen LogP contribution in [0.3, 0.4) is 0 Å². The van der Waals surface area contributed by atoms with Gasteiger partial charge >= 0.3 is 0 Å². The van der Waals surface area contributed by atoms with Crippen molar-refractivity contribution in [2.75, 3.05) is 6.54 Å². The second kappa shape index (κ2) is 8.65. The summed E-state index contributed by atoms with van der Waals surface area (Å²) >= 11 is 11.8. The number of nitrogens with zero attached hydrogens (tertiary/aromatic N) is 3. The molecule has 5 nitrogen and oxygen atoms in total. The van der Waals surface area contributed by atoms with Gasteiger partial charge in [-0.05, 0) is 61.8 Å². The van der Waals surface area contributed by atoms with Crippen LogP contribution in [0.15, 0.2) is 65.3 Å². The monoisotopic (exact) mass is 450 g/mol. The van der Waals surface area contributed by atoms with Gasteiger partial charge in [0.25, 0.3) is 5.89 Å². The zero-order valence-corrected chi connectivity index (χ0v) is 19.2. The molecule has 0 aliphatic carbocycles. The highest BCUT2D eigenvalue weighted by molar-refractivity contribution is 7.80. The molecular formula is C24H23ClN4OS. The van der Waals surface area contributed by atoms with Crippen molar-refractivity contribution in [1.29, 1.82) is 0 Å². The van der Waals surface area contributed by atoms with E-state index in [1.54, 1.807) is 0 Å². The summed E-state index contributed by atoms with van der Waals surface area (Å²) < 4.78 is 5.74. The molecule has 1 unspecified atom stereocenters. The van der Waals surface area contributed by atoms with Crippen molar-refractivity contribution in [1.82, 2.24) is 20.4 Å². The highest BCUT2D eigenvalue weighted by Crippen LogP contribution is 2.38. The van der Waals surface area contributed by atoms with Crippen molar-refractivity contribution in [2.24, 2.45) is 0 Å². The number of allylic oxidation sites excluding steroid dienone is 1. The van der Waals surface area contributed by atoms with E-state index in [-0.39, 0.29) is 6.04 Å². The molecule has 3 aromatic rings. The minimum Gasteiger partial charge on any atom is -0.351 e. The predicted octanol–water partition coefficient (Wildman–Crippen LogP) is 5.86. The van der Waals surface area contributed by atoms with E-state index in [1.165, 1.54) is 11.1 Å². The van der Waals surface area contributed by atoms with E-state index in [4.69, 9.17) is 33.3 Å². The highest BCUT2D eigenvalue weighted by Gasteiger charge is 2.33. The highest BCUT2D eigenvalue weighted by atomic mass is 35.5. The van der Waals surface area contributed by atoms with Crippen LogP contribution < -0.4 is 5.32 Å². The smallest absolute Gasteiger partial charge is 0.258 e. The van der Waals surface area contributed by atoms with Crippen LogP contribution in [-0.4, -0.2) is 26.7 Å². The average Bonchev–Trinajstić information content (AvgIpc) is 3.22. The molecule has 2 aromatic carbocycles. The van der Waals surface area contributed by atoms with Crippen molar-refractivity contribution >= 4 is 34.5 Å². The van der Waals surface area contributed by atoms with Gasteiger partial charge in [-0.2, -0.15) is 4.98 Å². The third-order valence-corrected chi connectivity index (χ3v) is 6.08. The molecule has 1 atom stereocenters. The van der Waals surface area contributed by atoms with Crippen LogP contribution in [0.5, 0.6) is 0 Å². The van der Waals surface area contributed by atoms with E-state index < -0.39 is 0 Å². The van der Waals surface area contributed by atoms with Gasteiger partial charge in [-0.1, -0.05) is 53.2 Å². The zero-order valence-electron chi connectivity index (χ0n) is 17.6. The summed E-state index contributed by atoms with van der Waals surface area (Å²) in [6.07, 6.45) is 1.82. The maximum Gasteiger partial charge on any atom is 0.258 e. The maximum absolute atomic E-state index is 6.14. The molecule has 0 spiro atoms. The quantitative estimate of drug-likeness (QED) is 0.388. The van der Waals surface area contributed by atoms with Crippen molar-refractivity contribution in [3.63, 3.8) is 0 Å². The van der Waals surface area contributed by atoms with Crippen molar-refractivity contribution in [3.8, 4) is 11.4 Å². The van der Waals surface area contributed by atoms with Crippen LogP contribution in [0.25, 0.3) is 17.0 Å². The molecule has 0 saturated heterocycles. The van der Waals surface area contributed by atoms with Crippen LogP contribution in [0.2, 0.25) is 5.02 Å². The van der Waals surface area contributed by atoms with Gasteiger partial charge in [-0.15, -0.1) is 6.58 Å². The Kier molecular flexibility index (Phi) is 5.94. The minimum atomic E-state index is -0.208. The first kappa shape index (κ1) is 21.3. The lowest BCUT2D eigenvalue weighted by Gasteiger charge is -2.37. The van der Waals surface area contributed by atoms with E-state index in [0.29, 0.717) is 28.4 Å². The Labute approximate surface area is 192 Å². The Balaban J connectivity index is 1.84. The summed E-state index contributed by atoms with van der Waals surface area (Å²) in [4.78, 5) is 6.69. The first-order valence-electron chi connectivity index (χ1n) is 9.96. The number of hydrogen-bond donors (Lipinski definition) is 1. The molecule has 0 saturated carbocycles. The number of benzene rings is 2. The number of nitrogens with one attached hydrogen (secondary N) is 1. The number of halogens is 1. The first-order valence-corrected chi connectivity index (χ1v) is 10.7. The maximum atomic E-state index is 6.14. The molecule has 4 rings (SSSR count). The average molecular weight is 451 g/mol. The summed E-state index contributed by atoms with van der Waals surface area (Å²) in [5.41, 5.74) is 6.17. The largest absolute Gasteiger partial charge is 0.351 e. The molecule has 1 aliphatic heterocycles. The fraction of sp³-hybridized carbons (Fsp3) is 0.208. The molecule has 7 heteroatoms. The minimum absolute atomic E-state index is 0.208. The lowest BCUT2D eigenvalue weighted by atomic mass is 9.92. The van der Waals surface area contributed by atoms with E-state index in [2.05, 4.69) is 49.1 Å². The molecule has 2 heterocycles. The Hall–Kier alpha value is -2.96. The molecule has 0 bridgehead atoms. The fourth-order valence-electron chi connectivity index (χ4n) is 3.68. The number of thiocarbonyl (C=S) groups is 1. The Bertz CT molecular complexity index is 1200. The summed E-state index contributed by atoms with van der Waals surface area (Å²) in [5, 5.41) is 8.92. The predicted molar refractivity (Wildman–Crippen MR) is 129 cm³/mol. The van der Waals surface area contributed by atoms with Crippen molar-refractivity contribution in [3.05, 3.63) is 88.4 Å². The summed E-state index contributed by atoms with van der Waals surface area (Å²) in [5.74, 6) is 0.930. The van der Waals surface area contributed by atoms with Crippen LogP contribution in [-0.2, 0) is 0 Å². The molecule has 1 N–H and O–H groups in total. The van der Waals surface area contributed by atoms with Gasteiger partial charge in [0.1, 0.15) is 0 Å². The Morgan fingerprint density at radius 1 is 1.19 bits per heavy atom. The summed E-state index contributed by atoms with van der Waals surface area (Å²) in [7, 11) is 0. The molecule has 158 valence electrons. The third-order valence-electron chi connectivity index (χ3n) is 5.51. The first-order chi connectivity index (χ1) is 14.9. The fourth-order valence-corrected chi connectivity index (χ4v) is 4.20. The summed E-state index contributed by atoms with van der Waals surface area (Å²) in [6.45, 7) is 10.7. The second-order valence-corrected chi connectivity index (χ2v) is 8.38. The lowest BCUT2D eigenvalue weighted by molar-refractivity contribution is 0.399. The molecule has 1 aliphatic rings. The molecular weight excluding hydrogens is 428 g/mol. The molecule has 1 aromatic heterocycles. The standard InChI is InChI=1S/C24H23ClN4OS/c1-5-11-29-16(4)20(21(26-24(29)31)17-10-9-14(2)15(3)12-17)23-27-22(28-30-23)18-7-6-8-19(25)13-18/h5-10,12-13,21H,1,11H2,2-4H3,(H,26,31). The van der Waals surface area contributed by atoms with E-state index in [9.17, 15) is 0 Å². The lowest BCUT2D eigenvalue weighted by Crippen LogP contribution is -2.45. The van der Waals surface area contributed by atoms with Crippen LogP contribution in [0.1, 0.15) is 35.5 Å². The number of aryl methyl sites for hydroxylation is 2. The third kappa shape index (κ3) is 4.13. The Morgan fingerprint density at radius 3 is 2.71 bits per heavy atom. The topological polar surface area (TPSA) is 54.2 Å². The zero-order chi connectivity index (χ0) is 22.1. The molecule has 0 fully saturated rings. The molecule has 31 heavy (non-hydrogen) atoms. The van der Waals surface area contributed by atoms with Gasteiger partial charge < -0.3 is 14.7 Å². The van der Waals surface area contributed by atoms with Gasteiger partial charge in [0.2, 0.25) is 5.82 Å². The van der Waals surface area contributed by atoms with E-state index in [1.807, 2.05) is 42.2 Å². The van der Waals surface area contributed by atoms with Gasteiger partial charge in [0.15, 0.2) is 5.11 Å². The van der Waals surface area contributed by atoms with Crippen LogP contribution in [0, 0.1) is 13.8 Å². The summed E-state index contributed by atoms with van der Waals surface area (Å²) in [6, 6.07) is 13.6. The van der Waals surface area contributed by atoms with Gasteiger partial charge in [0.05, 0.1) is 11.6 Å². The Morgan fingerprint density at radius 2 is 2.00 bits per heavy atom. The van der Waals surface area contributed by atoms with Gasteiger partial charge in [-0.3, -0.25) is 0 Å². The van der Waals surface area contributed by atoms with Gasteiger partial charge in [0, 0.05) is 22.8 Å². The van der Waals surface area contributed by atoms with Crippen molar-refractivity contribution < 1.29 is 4.52 Å². The number of aromatic nitrogens is 2. The van der Waals surface area contributed by atoms with E-state index in [0.717, 1.165) is 22.4 Å². The van der Waals surface area contributed by atoms with E-state index >= 15 is 0 Å². The van der Waals surface area contributed by atoms with Crippen LogP contribution >= 0.6 is 23.8 Å². The van der Waals surface area contributed by atoms with Gasteiger partial charge in [-0.25, -0.2) is 0 Å². The number of hydrogen-bond acceptors (Lipinski definition) is 4. The van der Waals surface area contributed by atoms with Crippen molar-refractivity contribution in [2.45, 2.75) is 26.8 Å². The molecule has 0 amide bonds. The molecule has 0 radical (unpaired) electrons. The number of rotatable bonds is 5.